The van der Waals surface area contributed by atoms with Gasteiger partial charge in [0.2, 0.25) is 10.0 Å². The van der Waals surface area contributed by atoms with Gasteiger partial charge in [-0.15, -0.1) is 0 Å². The minimum atomic E-state index is -3.59. The summed E-state index contributed by atoms with van der Waals surface area (Å²) < 4.78 is 40.2. The van der Waals surface area contributed by atoms with Gasteiger partial charge >= 0.3 is 0 Å². The average Bonchev–Trinajstić information content (AvgIpc) is 2.40. The van der Waals surface area contributed by atoms with Crippen molar-refractivity contribution < 1.29 is 12.8 Å². The molecule has 0 radical (unpaired) electrons. The van der Waals surface area contributed by atoms with Gasteiger partial charge in [0.1, 0.15) is 5.82 Å². The number of nitrogens with zero attached hydrogens (tertiary/aromatic N) is 1. The summed E-state index contributed by atoms with van der Waals surface area (Å²) in [5.74, 6) is -0.413. The molecule has 0 bridgehead atoms. The third-order valence-corrected chi connectivity index (χ3v) is 4.48. The number of benzene rings is 1. The number of rotatable bonds is 8. The molecule has 0 amide bonds. The summed E-state index contributed by atoms with van der Waals surface area (Å²) in [6, 6.07) is 3.82. The van der Waals surface area contributed by atoms with Crippen LogP contribution in [0.3, 0.4) is 0 Å². The quantitative estimate of drug-likeness (QED) is 0.745. The van der Waals surface area contributed by atoms with Gasteiger partial charge in [0.25, 0.3) is 0 Å². The van der Waals surface area contributed by atoms with Gasteiger partial charge in [-0.3, -0.25) is 0 Å². The van der Waals surface area contributed by atoms with Gasteiger partial charge in [-0.05, 0) is 38.8 Å². The van der Waals surface area contributed by atoms with E-state index in [1.165, 1.54) is 18.2 Å². The van der Waals surface area contributed by atoms with E-state index >= 15 is 0 Å². The predicted molar refractivity (Wildman–Crippen MR) is 77.5 cm³/mol. The minimum absolute atomic E-state index is 0.0864. The standard InChI is InChI=1S/C13H22FN3O2S/c1-4-17(3)8-7-16-20(18,19)12-5-6-13(14)11(9-12)10-15-2/h5-6,9,15-16H,4,7-8,10H2,1-3H3. The third-order valence-electron chi connectivity index (χ3n) is 3.02. The largest absolute Gasteiger partial charge is 0.316 e. The van der Waals surface area contributed by atoms with E-state index in [1.54, 1.807) is 7.05 Å². The molecule has 1 rings (SSSR count). The molecular formula is C13H22FN3O2S. The van der Waals surface area contributed by atoms with Gasteiger partial charge in [-0.25, -0.2) is 17.5 Å². The molecule has 1 aromatic rings. The van der Waals surface area contributed by atoms with Crippen molar-refractivity contribution in [2.45, 2.75) is 18.4 Å². The Kier molecular flexibility index (Phi) is 6.54. The second-order valence-electron chi connectivity index (χ2n) is 4.58. The van der Waals surface area contributed by atoms with Crippen molar-refractivity contribution in [3.63, 3.8) is 0 Å². The van der Waals surface area contributed by atoms with E-state index in [-0.39, 0.29) is 11.4 Å². The molecule has 2 N–H and O–H groups in total. The van der Waals surface area contributed by atoms with Gasteiger partial charge in [-0.1, -0.05) is 6.92 Å². The lowest BCUT2D eigenvalue weighted by Crippen LogP contribution is -2.33. The van der Waals surface area contributed by atoms with Crippen LogP contribution in [0.25, 0.3) is 0 Å². The van der Waals surface area contributed by atoms with E-state index < -0.39 is 15.8 Å². The first-order chi connectivity index (χ1) is 9.40. The smallest absolute Gasteiger partial charge is 0.240 e. The Morgan fingerprint density at radius 2 is 2.05 bits per heavy atom. The molecule has 0 heterocycles. The molecular weight excluding hydrogens is 281 g/mol. The van der Waals surface area contributed by atoms with E-state index in [9.17, 15) is 12.8 Å². The zero-order valence-electron chi connectivity index (χ0n) is 12.1. The fourth-order valence-corrected chi connectivity index (χ4v) is 2.73. The lowest BCUT2D eigenvalue weighted by atomic mass is 10.2. The molecule has 7 heteroatoms. The topological polar surface area (TPSA) is 61.4 Å². The first-order valence-electron chi connectivity index (χ1n) is 6.52. The van der Waals surface area contributed by atoms with E-state index in [0.29, 0.717) is 18.7 Å². The monoisotopic (exact) mass is 303 g/mol. The molecule has 0 aromatic heterocycles. The molecule has 0 saturated carbocycles. The predicted octanol–water partition coefficient (Wildman–Crippen LogP) is 0.775. The fraction of sp³-hybridized carbons (Fsp3) is 0.538. The van der Waals surface area contributed by atoms with Crippen molar-refractivity contribution in [1.82, 2.24) is 14.9 Å². The van der Waals surface area contributed by atoms with Crippen molar-refractivity contribution in [3.8, 4) is 0 Å². The average molecular weight is 303 g/mol. The van der Waals surface area contributed by atoms with Crippen LogP contribution < -0.4 is 10.0 Å². The summed E-state index contributed by atoms with van der Waals surface area (Å²) in [6.07, 6.45) is 0. The normalized spacial score (nSPS) is 12.1. The number of nitrogens with one attached hydrogen (secondary N) is 2. The molecule has 0 aliphatic carbocycles. The molecule has 0 aliphatic rings. The maximum atomic E-state index is 13.5. The SMILES string of the molecule is CCN(C)CCNS(=O)(=O)c1ccc(F)c(CNC)c1. The molecule has 0 aliphatic heterocycles. The van der Waals surface area contributed by atoms with Crippen molar-refractivity contribution in [2.75, 3.05) is 33.7 Å². The molecule has 0 saturated heterocycles. The molecule has 0 unspecified atom stereocenters. The Hall–Kier alpha value is -1.02. The molecule has 0 spiro atoms. The maximum Gasteiger partial charge on any atom is 0.240 e. The number of halogens is 1. The van der Waals surface area contributed by atoms with Crippen molar-refractivity contribution in [2.24, 2.45) is 0 Å². The number of hydrogen-bond donors (Lipinski definition) is 2. The van der Waals surface area contributed by atoms with Crippen LogP contribution >= 0.6 is 0 Å². The summed E-state index contributed by atoms with van der Waals surface area (Å²) in [5, 5.41) is 2.81. The van der Waals surface area contributed by atoms with Gasteiger partial charge < -0.3 is 10.2 Å². The van der Waals surface area contributed by atoms with Gasteiger partial charge in [0.15, 0.2) is 0 Å². The Balaban J connectivity index is 2.79. The molecule has 0 fully saturated rings. The lowest BCUT2D eigenvalue weighted by Gasteiger charge is -2.14. The molecule has 0 atom stereocenters. The van der Waals surface area contributed by atoms with Crippen LogP contribution in [0.15, 0.2) is 23.1 Å². The van der Waals surface area contributed by atoms with Gasteiger partial charge in [0, 0.05) is 25.2 Å². The van der Waals surface area contributed by atoms with Crippen molar-refractivity contribution >= 4 is 10.0 Å². The van der Waals surface area contributed by atoms with Gasteiger partial charge in [-0.2, -0.15) is 0 Å². The summed E-state index contributed by atoms with van der Waals surface area (Å²) in [5.41, 5.74) is 0.334. The van der Waals surface area contributed by atoms with E-state index in [2.05, 4.69) is 10.0 Å². The summed E-state index contributed by atoms with van der Waals surface area (Å²) in [4.78, 5) is 2.09. The second-order valence-corrected chi connectivity index (χ2v) is 6.34. The Bertz CT molecular complexity index is 534. The zero-order valence-corrected chi connectivity index (χ0v) is 12.9. The fourth-order valence-electron chi connectivity index (χ4n) is 1.66. The van der Waals surface area contributed by atoms with Gasteiger partial charge in [0.05, 0.1) is 4.90 Å². The van der Waals surface area contributed by atoms with E-state index in [0.717, 1.165) is 6.54 Å². The van der Waals surface area contributed by atoms with Crippen LogP contribution in [0, 0.1) is 5.82 Å². The molecule has 20 heavy (non-hydrogen) atoms. The second kappa shape index (κ2) is 7.68. The highest BCUT2D eigenvalue weighted by atomic mass is 32.2. The number of sulfonamides is 1. The number of likely N-dealkylation sites (N-methyl/N-ethyl adjacent to an activating group) is 1. The molecule has 5 nitrogen and oxygen atoms in total. The highest BCUT2D eigenvalue weighted by molar-refractivity contribution is 7.89. The van der Waals surface area contributed by atoms with Crippen molar-refractivity contribution in [3.05, 3.63) is 29.6 Å². The van der Waals surface area contributed by atoms with Crippen LogP contribution in [-0.4, -0.2) is 47.0 Å². The number of hydrogen-bond acceptors (Lipinski definition) is 4. The minimum Gasteiger partial charge on any atom is -0.316 e. The van der Waals surface area contributed by atoms with E-state index in [4.69, 9.17) is 0 Å². The summed E-state index contributed by atoms with van der Waals surface area (Å²) >= 11 is 0. The van der Waals surface area contributed by atoms with E-state index in [1.807, 2.05) is 18.9 Å². The summed E-state index contributed by atoms with van der Waals surface area (Å²) in [7, 11) is 0.00106. The van der Waals surface area contributed by atoms with Crippen LogP contribution in [-0.2, 0) is 16.6 Å². The van der Waals surface area contributed by atoms with Crippen LogP contribution in [0.5, 0.6) is 0 Å². The first-order valence-corrected chi connectivity index (χ1v) is 8.00. The van der Waals surface area contributed by atoms with Crippen LogP contribution in [0.4, 0.5) is 4.39 Å². The molecule has 114 valence electrons. The summed E-state index contributed by atoms with van der Waals surface area (Å²) in [6.45, 7) is 4.09. The maximum absolute atomic E-state index is 13.5. The zero-order chi connectivity index (χ0) is 15.2. The Labute approximate surface area is 120 Å². The Morgan fingerprint density at radius 3 is 2.65 bits per heavy atom. The van der Waals surface area contributed by atoms with Crippen molar-refractivity contribution in [1.29, 1.82) is 0 Å². The van der Waals surface area contributed by atoms with Crippen LogP contribution in [0.2, 0.25) is 0 Å². The third kappa shape index (κ3) is 4.82. The Morgan fingerprint density at radius 1 is 1.35 bits per heavy atom. The highest BCUT2D eigenvalue weighted by Gasteiger charge is 2.15. The molecule has 1 aromatic carbocycles. The lowest BCUT2D eigenvalue weighted by molar-refractivity contribution is 0.358. The van der Waals surface area contributed by atoms with Crippen LogP contribution in [0.1, 0.15) is 12.5 Å². The first kappa shape index (κ1) is 17.0. The highest BCUT2D eigenvalue weighted by Crippen LogP contribution is 2.14.